The van der Waals surface area contributed by atoms with E-state index < -0.39 is 5.82 Å². The van der Waals surface area contributed by atoms with Crippen molar-refractivity contribution in [3.05, 3.63) is 63.3 Å². The van der Waals surface area contributed by atoms with Crippen LogP contribution in [-0.4, -0.2) is 12.5 Å². The van der Waals surface area contributed by atoms with Crippen molar-refractivity contribution in [2.45, 2.75) is 6.04 Å². The van der Waals surface area contributed by atoms with E-state index in [1.54, 1.807) is 12.1 Å². The van der Waals surface area contributed by atoms with Gasteiger partial charge in [-0.15, -0.1) is 0 Å². The number of aliphatic imine (C=N–C) groups is 1. The van der Waals surface area contributed by atoms with E-state index in [1.165, 1.54) is 6.07 Å². The smallest absolute Gasteiger partial charge is 0.196 e. The van der Waals surface area contributed by atoms with Gasteiger partial charge in [0.05, 0.1) is 23.3 Å². The maximum Gasteiger partial charge on any atom is 0.196 e. The topological polar surface area (TPSA) is 41.6 Å². The summed E-state index contributed by atoms with van der Waals surface area (Å²) in [5, 5.41) is 0.102. The number of nitrogens with two attached hydrogens (primary N) is 1. The number of hydrogen-bond donors (Lipinski definition) is 1. The molecule has 1 heterocycles. The van der Waals surface area contributed by atoms with E-state index in [9.17, 15) is 4.39 Å². The Hall–Kier alpha value is -1.59. The molecule has 3 rings (SSSR count). The van der Waals surface area contributed by atoms with Crippen LogP contribution in [0.15, 0.2) is 51.9 Å². The maximum absolute atomic E-state index is 14.3. The number of nitrogens with zero attached hydrogens (tertiary/aromatic N) is 2. The van der Waals surface area contributed by atoms with Gasteiger partial charge in [-0.05, 0) is 34.1 Å². The minimum atomic E-state index is -0.425. The minimum absolute atomic E-state index is 0.102. The molecule has 0 saturated carbocycles. The second-order valence-corrected chi connectivity index (χ2v) is 5.94. The van der Waals surface area contributed by atoms with E-state index in [1.807, 2.05) is 29.2 Å². The molecule has 6 heteroatoms. The molecule has 0 aliphatic carbocycles. The van der Waals surface area contributed by atoms with Crippen molar-refractivity contribution in [3.63, 3.8) is 0 Å². The first kappa shape index (κ1) is 14.4. The summed E-state index contributed by atoms with van der Waals surface area (Å²) in [6, 6.07) is 12.3. The molecule has 2 N–H and O–H groups in total. The molecule has 0 fully saturated rings. The zero-order chi connectivity index (χ0) is 15.0. The third kappa shape index (κ3) is 2.51. The highest BCUT2D eigenvalue weighted by atomic mass is 79.9. The molecule has 0 radical (unpaired) electrons. The van der Waals surface area contributed by atoms with Gasteiger partial charge in [0.1, 0.15) is 5.82 Å². The largest absolute Gasteiger partial charge is 0.369 e. The monoisotopic (exact) mass is 367 g/mol. The van der Waals surface area contributed by atoms with Gasteiger partial charge in [-0.25, -0.2) is 4.39 Å². The first-order valence-electron chi connectivity index (χ1n) is 6.37. The molecule has 2 aromatic rings. The van der Waals surface area contributed by atoms with Crippen LogP contribution in [0.3, 0.4) is 0 Å². The van der Waals surface area contributed by atoms with Crippen molar-refractivity contribution in [2.24, 2.45) is 10.7 Å². The number of benzene rings is 2. The lowest BCUT2D eigenvalue weighted by Gasteiger charge is -2.28. The van der Waals surface area contributed by atoms with E-state index in [-0.39, 0.29) is 11.1 Å². The van der Waals surface area contributed by atoms with Crippen LogP contribution < -0.4 is 10.6 Å². The summed E-state index contributed by atoms with van der Waals surface area (Å²) < 4.78 is 15.2. The third-order valence-electron chi connectivity index (χ3n) is 3.44. The van der Waals surface area contributed by atoms with Gasteiger partial charge >= 0.3 is 0 Å². The molecule has 0 amide bonds. The van der Waals surface area contributed by atoms with Gasteiger partial charge < -0.3 is 10.6 Å². The van der Waals surface area contributed by atoms with Gasteiger partial charge in [0.2, 0.25) is 0 Å². The highest BCUT2D eigenvalue weighted by Gasteiger charge is 2.32. The highest BCUT2D eigenvalue weighted by molar-refractivity contribution is 9.10. The lowest BCUT2D eigenvalue weighted by molar-refractivity contribution is 0.590. The molecule has 21 heavy (non-hydrogen) atoms. The zero-order valence-corrected chi connectivity index (χ0v) is 13.3. The second kappa shape index (κ2) is 5.66. The van der Waals surface area contributed by atoms with Crippen LogP contribution in [0.25, 0.3) is 0 Å². The molecule has 1 aliphatic rings. The fraction of sp³-hybridized carbons (Fsp3) is 0.133. The number of guanidine groups is 1. The number of hydrogen-bond acceptors (Lipinski definition) is 3. The Balaban J connectivity index is 2.08. The van der Waals surface area contributed by atoms with Gasteiger partial charge in [0.25, 0.3) is 0 Å². The summed E-state index contributed by atoms with van der Waals surface area (Å²) in [4.78, 5) is 6.07. The van der Waals surface area contributed by atoms with Gasteiger partial charge in [0, 0.05) is 10.0 Å². The van der Waals surface area contributed by atoms with Crippen LogP contribution in [0.4, 0.5) is 10.1 Å². The standard InChI is InChI=1S/C15H12BrClFN3/c16-10-5-1-2-7-12(10)21-13(8-20-15(21)19)9-4-3-6-11(17)14(9)18/h1-7,13H,8H2,(H2,19,20). The van der Waals surface area contributed by atoms with Crippen molar-refractivity contribution in [3.8, 4) is 0 Å². The van der Waals surface area contributed by atoms with E-state index in [0.717, 1.165) is 10.2 Å². The quantitative estimate of drug-likeness (QED) is 0.866. The lowest BCUT2D eigenvalue weighted by Crippen LogP contribution is -2.36. The van der Waals surface area contributed by atoms with E-state index >= 15 is 0 Å². The Labute approximate surface area is 135 Å². The van der Waals surface area contributed by atoms with Crippen LogP contribution >= 0.6 is 27.5 Å². The van der Waals surface area contributed by atoms with Crippen molar-refractivity contribution >= 4 is 39.2 Å². The van der Waals surface area contributed by atoms with Gasteiger partial charge in [0.15, 0.2) is 5.96 Å². The fourth-order valence-electron chi connectivity index (χ4n) is 2.45. The Morgan fingerprint density at radius 3 is 2.76 bits per heavy atom. The van der Waals surface area contributed by atoms with Crippen molar-refractivity contribution in [1.82, 2.24) is 0 Å². The second-order valence-electron chi connectivity index (χ2n) is 4.68. The molecule has 0 aromatic heterocycles. The van der Waals surface area contributed by atoms with Crippen LogP contribution in [-0.2, 0) is 0 Å². The summed E-state index contributed by atoms with van der Waals surface area (Å²) in [7, 11) is 0. The normalized spacial score (nSPS) is 18.0. The van der Waals surface area contributed by atoms with Gasteiger partial charge in [-0.1, -0.05) is 35.9 Å². The van der Waals surface area contributed by atoms with Crippen LogP contribution in [0, 0.1) is 5.82 Å². The van der Waals surface area contributed by atoms with Crippen LogP contribution in [0.1, 0.15) is 11.6 Å². The zero-order valence-electron chi connectivity index (χ0n) is 10.9. The summed E-state index contributed by atoms with van der Waals surface area (Å²) in [5.74, 6) is -0.0580. The predicted molar refractivity (Wildman–Crippen MR) is 87.3 cm³/mol. The molecule has 3 nitrogen and oxygen atoms in total. The molecule has 1 unspecified atom stereocenters. The molecule has 108 valence electrons. The molecular formula is C15H12BrClFN3. The molecule has 1 aliphatic heterocycles. The molecule has 1 atom stereocenters. The highest BCUT2D eigenvalue weighted by Crippen LogP contribution is 2.37. The Kier molecular flexibility index (Phi) is 3.87. The van der Waals surface area contributed by atoms with E-state index in [2.05, 4.69) is 20.9 Å². The number of halogens is 3. The molecule has 0 bridgehead atoms. The average Bonchev–Trinajstić information content (AvgIpc) is 2.84. The Bertz CT molecular complexity index is 720. The Morgan fingerprint density at radius 2 is 2.00 bits per heavy atom. The number of para-hydroxylation sites is 1. The molecule has 0 spiro atoms. The van der Waals surface area contributed by atoms with Gasteiger partial charge in [-0.2, -0.15) is 0 Å². The van der Waals surface area contributed by atoms with Crippen molar-refractivity contribution < 1.29 is 4.39 Å². The maximum atomic E-state index is 14.3. The number of anilines is 1. The van der Waals surface area contributed by atoms with Crippen LogP contribution in [0.5, 0.6) is 0 Å². The molecule has 2 aromatic carbocycles. The molecule has 0 saturated heterocycles. The average molecular weight is 369 g/mol. The van der Waals surface area contributed by atoms with Crippen molar-refractivity contribution in [1.29, 1.82) is 0 Å². The summed E-state index contributed by atoms with van der Waals surface area (Å²) in [6.45, 7) is 0.393. The number of rotatable bonds is 2. The van der Waals surface area contributed by atoms with Crippen LogP contribution in [0.2, 0.25) is 5.02 Å². The summed E-state index contributed by atoms with van der Waals surface area (Å²) in [5.41, 5.74) is 7.33. The summed E-state index contributed by atoms with van der Waals surface area (Å²) in [6.07, 6.45) is 0. The minimum Gasteiger partial charge on any atom is -0.369 e. The summed E-state index contributed by atoms with van der Waals surface area (Å²) >= 11 is 9.38. The Morgan fingerprint density at radius 1 is 1.24 bits per heavy atom. The predicted octanol–water partition coefficient (Wildman–Crippen LogP) is 4.12. The SMILES string of the molecule is NC1=NCC(c2cccc(Cl)c2F)N1c1ccccc1Br. The first-order valence-corrected chi connectivity index (χ1v) is 7.54. The molecular weight excluding hydrogens is 357 g/mol. The van der Waals surface area contributed by atoms with E-state index in [0.29, 0.717) is 18.1 Å². The fourth-order valence-corrected chi connectivity index (χ4v) is 3.11. The first-order chi connectivity index (χ1) is 10.1. The van der Waals surface area contributed by atoms with Gasteiger partial charge in [-0.3, -0.25) is 4.99 Å². The lowest BCUT2D eigenvalue weighted by atomic mass is 10.0. The van der Waals surface area contributed by atoms with E-state index in [4.69, 9.17) is 17.3 Å². The third-order valence-corrected chi connectivity index (χ3v) is 4.40. The van der Waals surface area contributed by atoms with Crippen molar-refractivity contribution in [2.75, 3.05) is 11.4 Å².